The number of benzene rings is 1. The number of carbonyl (C=O) groups is 4. The molecule has 0 bridgehead atoms. The highest BCUT2D eigenvalue weighted by molar-refractivity contribution is 7.12. The molecule has 10 nitrogen and oxygen atoms in total. The van der Waals surface area contributed by atoms with Crippen LogP contribution in [0.2, 0.25) is 0 Å². The van der Waals surface area contributed by atoms with Crippen LogP contribution >= 0.6 is 11.3 Å². The van der Waals surface area contributed by atoms with Crippen molar-refractivity contribution >= 4 is 40.8 Å². The number of anilines is 1. The molecule has 11 heteroatoms. The van der Waals surface area contributed by atoms with Gasteiger partial charge < -0.3 is 25.2 Å². The van der Waals surface area contributed by atoms with Crippen LogP contribution in [0, 0.1) is 0 Å². The molecule has 3 heterocycles. The lowest BCUT2D eigenvalue weighted by Crippen LogP contribution is -2.63. The summed E-state index contributed by atoms with van der Waals surface area (Å²) >= 11 is 1.27. The topological polar surface area (TPSA) is 121 Å². The molecule has 1 aromatic carbocycles. The second-order valence-electron chi connectivity index (χ2n) is 8.38. The minimum atomic E-state index is -1.01. The molecule has 4 amide bonds. The van der Waals surface area contributed by atoms with Gasteiger partial charge in [0, 0.05) is 37.6 Å². The van der Waals surface area contributed by atoms with Crippen LogP contribution < -0.4 is 10.6 Å². The number of ether oxygens (including phenoxy) is 1. The number of methoxy groups -OCH3 is 1. The molecule has 0 unspecified atom stereocenters. The first-order valence-corrected chi connectivity index (χ1v) is 12.6. The SMILES string of the molecule is COC(=O)[C@@H](Cc1cccnc1)NC(=O)[C@@H]1CN(C(=O)Nc2ccccc2)CCN1C(=O)c1cccs1. The number of urea groups is 1. The van der Waals surface area contributed by atoms with E-state index in [1.54, 1.807) is 66.3 Å². The Kier molecular flexibility index (Phi) is 8.47. The molecule has 192 valence electrons. The third-order valence-corrected chi connectivity index (χ3v) is 6.81. The highest BCUT2D eigenvalue weighted by atomic mass is 32.1. The minimum absolute atomic E-state index is 0.0393. The van der Waals surface area contributed by atoms with Gasteiger partial charge >= 0.3 is 12.0 Å². The summed E-state index contributed by atoms with van der Waals surface area (Å²) in [5, 5.41) is 7.34. The van der Waals surface area contributed by atoms with Crippen LogP contribution in [0.3, 0.4) is 0 Å². The quantitative estimate of drug-likeness (QED) is 0.461. The third-order valence-electron chi connectivity index (χ3n) is 5.95. The van der Waals surface area contributed by atoms with E-state index in [9.17, 15) is 19.2 Å². The fourth-order valence-corrected chi connectivity index (χ4v) is 4.74. The summed E-state index contributed by atoms with van der Waals surface area (Å²) in [6.07, 6.45) is 3.38. The van der Waals surface area contributed by atoms with Gasteiger partial charge in [-0.3, -0.25) is 14.6 Å². The Morgan fingerprint density at radius 1 is 1.08 bits per heavy atom. The predicted octanol–water partition coefficient (Wildman–Crippen LogP) is 2.40. The van der Waals surface area contributed by atoms with Gasteiger partial charge in [-0.05, 0) is 35.2 Å². The number of hydrogen-bond acceptors (Lipinski definition) is 7. The first-order valence-electron chi connectivity index (χ1n) is 11.7. The van der Waals surface area contributed by atoms with Crippen molar-refractivity contribution < 1.29 is 23.9 Å². The lowest BCUT2D eigenvalue weighted by atomic mass is 10.1. The number of aromatic nitrogens is 1. The van der Waals surface area contributed by atoms with Gasteiger partial charge in [0.2, 0.25) is 5.91 Å². The van der Waals surface area contributed by atoms with Crippen LogP contribution in [0.4, 0.5) is 10.5 Å². The zero-order chi connectivity index (χ0) is 26.2. The van der Waals surface area contributed by atoms with Gasteiger partial charge in [-0.1, -0.05) is 30.3 Å². The monoisotopic (exact) mass is 521 g/mol. The third kappa shape index (κ3) is 6.50. The Hall–Kier alpha value is -4.25. The zero-order valence-electron chi connectivity index (χ0n) is 20.2. The first-order chi connectivity index (χ1) is 18.0. The standard InChI is InChI=1S/C26H27N5O5S/c1-36-25(34)20(15-18-7-5-11-27-16-18)29-23(32)21-17-30(26(35)28-19-8-3-2-4-9-19)12-13-31(21)24(33)22-10-6-14-37-22/h2-11,14,16,20-21H,12-13,15,17H2,1H3,(H,28,35)(H,29,32)/t20-,21+/m1/s1. The number of esters is 1. The van der Waals surface area contributed by atoms with Gasteiger partial charge in [0.05, 0.1) is 18.5 Å². The lowest BCUT2D eigenvalue weighted by Gasteiger charge is -2.40. The van der Waals surface area contributed by atoms with Crippen LogP contribution in [-0.2, 0) is 20.7 Å². The summed E-state index contributed by atoms with van der Waals surface area (Å²) in [5.74, 6) is -1.48. The largest absolute Gasteiger partial charge is 0.467 e. The number of amides is 4. The summed E-state index contributed by atoms with van der Waals surface area (Å²) in [7, 11) is 1.24. The second kappa shape index (κ2) is 12.1. The van der Waals surface area contributed by atoms with Crippen molar-refractivity contribution in [3.63, 3.8) is 0 Å². The molecule has 0 saturated carbocycles. The average Bonchev–Trinajstić information content (AvgIpc) is 3.48. The lowest BCUT2D eigenvalue weighted by molar-refractivity contribution is -0.145. The molecular weight excluding hydrogens is 494 g/mol. The first kappa shape index (κ1) is 25.8. The van der Waals surface area contributed by atoms with Crippen molar-refractivity contribution in [2.45, 2.75) is 18.5 Å². The van der Waals surface area contributed by atoms with Gasteiger partial charge in [0.15, 0.2) is 0 Å². The van der Waals surface area contributed by atoms with E-state index in [4.69, 9.17) is 4.74 Å². The number of piperazine rings is 1. The van der Waals surface area contributed by atoms with Crippen LogP contribution in [0.5, 0.6) is 0 Å². The van der Waals surface area contributed by atoms with Gasteiger partial charge in [-0.2, -0.15) is 0 Å². The van der Waals surface area contributed by atoms with E-state index >= 15 is 0 Å². The Morgan fingerprint density at radius 2 is 1.89 bits per heavy atom. The smallest absolute Gasteiger partial charge is 0.328 e. The summed E-state index contributed by atoms with van der Waals surface area (Å²) in [5.41, 5.74) is 1.35. The summed E-state index contributed by atoms with van der Waals surface area (Å²) < 4.78 is 4.90. The minimum Gasteiger partial charge on any atom is -0.467 e. The molecule has 1 aliphatic heterocycles. The number of rotatable bonds is 7. The normalized spacial score (nSPS) is 16.0. The molecule has 4 rings (SSSR count). The zero-order valence-corrected chi connectivity index (χ0v) is 21.0. The number of carbonyl (C=O) groups excluding carboxylic acids is 4. The van der Waals surface area contributed by atoms with E-state index in [1.807, 2.05) is 6.07 Å². The van der Waals surface area contributed by atoms with Crippen molar-refractivity contribution in [2.75, 3.05) is 32.1 Å². The number of nitrogens with one attached hydrogen (secondary N) is 2. The van der Waals surface area contributed by atoms with E-state index in [0.717, 1.165) is 5.56 Å². The van der Waals surface area contributed by atoms with Gasteiger partial charge in [-0.25, -0.2) is 9.59 Å². The number of para-hydroxylation sites is 1. The molecule has 0 spiro atoms. The molecule has 2 N–H and O–H groups in total. The van der Waals surface area contributed by atoms with Crippen LogP contribution in [-0.4, -0.2) is 77.4 Å². The molecule has 1 aliphatic rings. The Bertz CT molecular complexity index is 1220. The fourth-order valence-electron chi connectivity index (χ4n) is 4.06. The van der Waals surface area contributed by atoms with Crippen LogP contribution in [0.25, 0.3) is 0 Å². The average molecular weight is 522 g/mol. The number of hydrogen-bond donors (Lipinski definition) is 2. The molecular formula is C26H27N5O5S. The van der Waals surface area contributed by atoms with Crippen LogP contribution in [0.15, 0.2) is 72.4 Å². The van der Waals surface area contributed by atoms with Crippen molar-refractivity contribution in [3.8, 4) is 0 Å². The number of thiophene rings is 1. The van der Waals surface area contributed by atoms with Crippen molar-refractivity contribution in [1.82, 2.24) is 20.1 Å². The second-order valence-corrected chi connectivity index (χ2v) is 9.33. The molecule has 3 aromatic rings. The van der Waals surface area contributed by atoms with Crippen molar-refractivity contribution in [3.05, 3.63) is 82.8 Å². The highest BCUT2D eigenvalue weighted by Crippen LogP contribution is 2.19. The van der Waals surface area contributed by atoms with E-state index in [1.165, 1.54) is 28.2 Å². The molecule has 0 radical (unpaired) electrons. The Morgan fingerprint density at radius 3 is 2.57 bits per heavy atom. The number of pyridine rings is 1. The molecule has 37 heavy (non-hydrogen) atoms. The molecule has 2 atom stereocenters. The van der Waals surface area contributed by atoms with Gasteiger partial charge in [-0.15, -0.1) is 11.3 Å². The molecule has 2 aromatic heterocycles. The summed E-state index contributed by atoms with van der Waals surface area (Å²) in [4.78, 5) is 59.7. The maximum Gasteiger partial charge on any atom is 0.328 e. The predicted molar refractivity (Wildman–Crippen MR) is 138 cm³/mol. The number of nitrogens with zero attached hydrogens (tertiary/aromatic N) is 3. The van der Waals surface area contributed by atoms with Crippen molar-refractivity contribution in [2.24, 2.45) is 0 Å². The van der Waals surface area contributed by atoms with E-state index in [-0.39, 0.29) is 38.0 Å². The van der Waals surface area contributed by atoms with Crippen molar-refractivity contribution in [1.29, 1.82) is 0 Å². The fraction of sp³-hybridized carbons (Fsp3) is 0.269. The summed E-state index contributed by atoms with van der Waals surface area (Å²) in [6.45, 7) is 0.362. The van der Waals surface area contributed by atoms with Gasteiger partial charge in [0.25, 0.3) is 5.91 Å². The van der Waals surface area contributed by atoms with Gasteiger partial charge in [0.1, 0.15) is 12.1 Å². The van der Waals surface area contributed by atoms with E-state index < -0.39 is 24.0 Å². The van der Waals surface area contributed by atoms with E-state index in [2.05, 4.69) is 15.6 Å². The molecule has 0 aliphatic carbocycles. The Labute approximate surface area is 218 Å². The molecule has 1 fully saturated rings. The maximum atomic E-state index is 13.5. The van der Waals surface area contributed by atoms with E-state index in [0.29, 0.717) is 10.6 Å². The van der Waals surface area contributed by atoms with Crippen LogP contribution in [0.1, 0.15) is 15.2 Å². The molecule has 1 saturated heterocycles. The summed E-state index contributed by atoms with van der Waals surface area (Å²) in [6, 6.07) is 13.6. The maximum absolute atomic E-state index is 13.5. The Balaban J connectivity index is 1.54. The highest BCUT2D eigenvalue weighted by Gasteiger charge is 2.39.